The number of nitrogens with two attached hydrogens (primary N) is 1. The van der Waals surface area contributed by atoms with Crippen molar-refractivity contribution in [3.05, 3.63) is 35.6 Å². The molecule has 1 aliphatic carbocycles. The van der Waals surface area contributed by atoms with E-state index in [1.807, 2.05) is 6.92 Å². The molecule has 1 aromatic rings. The molecule has 0 radical (unpaired) electrons. The molecule has 1 unspecified atom stereocenters. The van der Waals surface area contributed by atoms with Gasteiger partial charge in [-0.25, -0.2) is 4.39 Å². The van der Waals surface area contributed by atoms with Gasteiger partial charge in [-0.2, -0.15) is 0 Å². The predicted octanol–water partition coefficient (Wildman–Crippen LogP) is 3.64. The fraction of sp³-hybridized carbons (Fsp3) is 0.611. The van der Waals surface area contributed by atoms with Crippen molar-refractivity contribution in [2.75, 3.05) is 13.6 Å². The lowest BCUT2D eigenvalue weighted by molar-refractivity contribution is -0.134. The van der Waals surface area contributed by atoms with Gasteiger partial charge in [0.1, 0.15) is 5.82 Å². The monoisotopic (exact) mass is 306 g/mol. The Kier molecular flexibility index (Phi) is 5.57. The minimum Gasteiger partial charge on any atom is -0.339 e. The van der Waals surface area contributed by atoms with Crippen LogP contribution in [0.2, 0.25) is 0 Å². The Labute approximate surface area is 132 Å². The van der Waals surface area contributed by atoms with Gasteiger partial charge >= 0.3 is 0 Å². The van der Waals surface area contributed by atoms with E-state index in [0.29, 0.717) is 18.5 Å². The fourth-order valence-corrected chi connectivity index (χ4v) is 3.44. The topological polar surface area (TPSA) is 46.3 Å². The van der Waals surface area contributed by atoms with E-state index >= 15 is 0 Å². The Morgan fingerprint density at radius 2 is 1.95 bits per heavy atom. The summed E-state index contributed by atoms with van der Waals surface area (Å²) in [6, 6.07) is 6.37. The first-order valence-corrected chi connectivity index (χ1v) is 8.19. The summed E-state index contributed by atoms with van der Waals surface area (Å²) >= 11 is 0. The minimum atomic E-state index is -0.271. The van der Waals surface area contributed by atoms with Crippen molar-refractivity contribution in [3.8, 4) is 0 Å². The third kappa shape index (κ3) is 3.67. The summed E-state index contributed by atoms with van der Waals surface area (Å²) in [5.74, 6) is -0.205. The fourth-order valence-electron chi connectivity index (χ4n) is 3.44. The number of hydrogen-bond acceptors (Lipinski definition) is 2. The summed E-state index contributed by atoms with van der Waals surface area (Å²) in [4.78, 5) is 14.3. The summed E-state index contributed by atoms with van der Waals surface area (Å²) in [7, 11) is 1.76. The van der Waals surface area contributed by atoms with Gasteiger partial charge in [0.2, 0.25) is 5.91 Å². The van der Waals surface area contributed by atoms with Gasteiger partial charge < -0.3 is 10.6 Å². The predicted molar refractivity (Wildman–Crippen MR) is 86.8 cm³/mol. The molecule has 0 aliphatic heterocycles. The minimum absolute atomic E-state index is 0.0570. The molecule has 0 aromatic heterocycles. The number of halogens is 1. The molecule has 122 valence electrons. The summed E-state index contributed by atoms with van der Waals surface area (Å²) in [6.07, 6.45) is 6.05. The largest absolute Gasteiger partial charge is 0.339 e. The van der Waals surface area contributed by atoms with E-state index in [0.717, 1.165) is 25.7 Å². The van der Waals surface area contributed by atoms with Gasteiger partial charge in [-0.05, 0) is 37.8 Å². The van der Waals surface area contributed by atoms with Gasteiger partial charge in [0.05, 0.1) is 6.04 Å². The normalized spacial score (nSPS) is 18.7. The maximum absolute atomic E-state index is 13.9. The standard InChI is InChI=1S/C18H27FN2O/c1-14(15-8-4-5-9-16(15)19)21(2)17(22)12-18(13-20)10-6-3-7-11-18/h4-5,8-9,14H,3,6-7,10-13,20H2,1-2H3. The van der Waals surface area contributed by atoms with Gasteiger partial charge in [-0.15, -0.1) is 0 Å². The van der Waals surface area contributed by atoms with Gasteiger partial charge in [-0.1, -0.05) is 37.5 Å². The van der Waals surface area contributed by atoms with Gasteiger partial charge in [0.25, 0.3) is 0 Å². The lowest BCUT2D eigenvalue weighted by Gasteiger charge is -2.37. The zero-order chi connectivity index (χ0) is 16.2. The molecule has 1 fully saturated rings. The van der Waals surface area contributed by atoms with Gasteiger partial charge in [-0.3, -0.25) is 4.79 Å². The molecule has 1 atom stereocenters. The zero-order valence-electron chi connectivity index (χ0n) is 13.6. The molecule has 2 rings (SSSR count). The van der Waals surface area contributed by atoms with Crippen LogP contribution in [0, 0.1) is 11.2 Å². The van der Waals surface area contributed by atoms with Crippen LogP contribution in [0.1, 0.15) is 57.1 Å². The zero-order valence-corrected chi connectivity index (χ0v) is 13.6. The van der Waals surface area contributed by atoms with Crippen LogP contribution in [-0.2, 0) is 4.79 Å². The average Bonchev–Trinajstić information content (AvgIpc) is 2.54. The van der Waals surface area contributed by atoms with E-state index in [4.69, 9.17) is 5.73 Å². The number of hydrogen-bond donors (Lipinski definition) is 1. The maximum atomic E-state index is 13.9. The molecule has 0 spiro atoms. The van der Waals surface area contributed by atoms with Gasteiger partial charge in [0, 0.05) is 19.0 Å². The van der Waals surface area contributed by atoms with Crippen LogP contribution in [0.25, 0.3) is 0 Å². The third-order valence-electron chi connectivity index (χ3n) is 5.20. The molecule has 2 N–H and O–H groups in total. The summed E-state index contributed by atoms with van der Waals surface area (Å²) in [5, 5.41) is 0. The molecule has 0 bridgehead atoms. The molecule has 3 nitrogen and oxygen atoms in total. The second-order valence-electron chi connectivity index (χ2n) is 6.64. The van der Waals surface area contributed by atoms with Crippen LogP contribution >= 0.6 is 0 Å². The Bertz CT molecular complexity index is 512. The molecule has 0 saturated heterocycles. The van der Waals surface area contributed by atoms with Crippen LogP contribution < -0.4 is 5.73 Å². The SMILES string of the molecule is CC(c1ccccc1F)N(C)C(=O)CC1(CN)CCCCC1. The Morgan fingerprint density at radius 1 is 1.32 bits per heavy atom. The molecule has 1 aromatic carbocycles. The van der Waals surface area contributed by atoms with Crippen molar-refractivity contribution in [1.82, 2.24) is 4.90 Å². The van der Waals surface area contributed by atoms with E-state index in [1.54, 1.807) is 30.1 Å². The second-order valence-corrected chi connectivity index (χ2v) is 6.64. The molecule has 4 heteroatoms. The molecule has 1 saturated carbocycles. The van der Waals surface area contributed by atoms with Crippen molar-refractivity contribution in [2.24, 2.45) is 11.1 Å². The highest BCUT2D eigenvalue weighted by Crippen LogP contribution is 2.39. The van der Waals surface area contributed by atoms with E-state index in [1.165, 1.54) is 12.5 Å². The highest BCUT2D eigenvalue weighted by Gasteiger charge is 2.34. The molecular weight excluding hydrogens is 279 g/mol. The number of benzene rings is 1. The van der Waals surface area contributed by atoms with Crippen LogP contribution in [0.5, 0.6) is 0 Å². The average molecular weight is 306 g/mol. The van der Waals surface area contributed by atoms with Crippen molar-refractivity contribution >= 4 is 5.91 Å². The highest BCUT2D eigenvalue weighted by molar-refractivity contribution is 5.77. The number of nitrogens with zero attached hydrogens (tertiary/aromatic N) is 1. The van der Waals surface area contributed by atoms with Crippen LogP contribution in [-0.4, -0.2) is 24.4 Å². The number of rotatable bonds is 5. The first-order chi connectivity index (χ1) is 10.5. The van der Waals surface area contributed by atoms with E-state index < -0.39 is 0 Å². The van der Waals surface area contributed by atoms with Crippen molar-refractivity contribution in [3.63, 3.8) is 0 Å². The summed E-state index contributed by atoms with van der Waals surface area (Å²) in [5.41, 5.74) is 6.47. The first-order valence-electron chi connectivity index (χ1n) is 8.19. The quantitative estimate of drug-likeness (QED) is 0.902. The Balaban J connectivity index is 2.06. The molecule has 1 amide bonds. The smallest absolute Gasteiger partial charge is 0.223 e. The molecule has 1 aliphatic rings. The second kappa shape index (κ2) is 7.23. The van der Waals surface area contributed by atoms with Crippen molar-refractivity contribution in [1.29, 1.82) is 0 Å². The third-order valence-corrected chi connectivity index (χ3v) is 5.20. The molecular formula is C18H27FN2O. The van der Waals surface area contributed by atoms with Crippen LogP contribution in [0.3, 0.4) is 0 Å². The lowest BCUT2D eigenvalue weighted by Crippen LogP contribution is -2.40. The van der Waals surface area contributed by atoms with E-state index in [2.05, 4.69) is 0 Å². The van der Waals surface area contributed by atoms with Crippen LogP contribution in [0.15, 0.2) is 24.3 Å². The first kappa shape index (κ1) is 16.9. The summed E-state index contributed by atoms with van der Waals surface area (Å²) in [6.45, 7) is 2.42. The molecule has 22 heavy (non-hydrogen) atoms. The van der Waals surface area contributed by atoms with Crippen molar-refractivity contribution in [2.45, 2.75) is 51.5 Å². The number of carbonyl (C=O) groups is 1. The lowest BCUT2D eigenvalue weighted by atomic mass is 9.71. The van der Waals surface area contributed by atoms with Crippen molar-refractivity contribution < 1.29 is 9.18 Å². The van der Waals surface area contributed by atoms with E-state index in [9.17, 15) is 9.18 Å². The Hall–Kier alpha value is -1.42. The molecule has 0 heterocycles. The number of carbonyl (C=O) groups excluding carboxylic acids is 1. The van der Waals surface area contributed by atoms with E-state index in [-0.39, 0.29) is 23.2 Å². The number of amides is 1. The van der Waals surface area contributed by atoms with Crippen LogP contribution in [0.4, 0.5) is 4.39 Å². The highest BCUT2D eigenvalue weighted by atomic mass is 19.1. The summed E-state index contributed by atoms with van der Waals surface area (Å²) < 4.78 is 13.9. The van der Waals surface area contributed by atoms with Gasteiger partial charge in [0.15, 0.2) is 0 Å². The Morgan fingerprint density at radius 3 is 2.55 bits per heavy atom. The maximum Gasteiger partial charge on any atom is 0.223 e.